The molecule has 3 aromatic rings. The van der Waals surface area contributed by atoms with Gasteiger partial charge in [-0.1, -0.05) is 43.7 Å². The summed E-state index contributed by atoms with van der Waals surface area (Å²) in [5.41, 5.74) is 4.08. The highest BCUT2D eigenvalue weighted by Crippen LogP contribution is 2.30. The van der Waals surface area contributed by atoms with Gasteiger partial charge < -0.3 is 19.7 Å². The average molecular weight is 408 g/mol. The molecule has 1 fully saturated rings. The van der Waals surface area contributed by atoms with Gasteiger partial charge in [-0.25, -0.2) is 9.97 Å². The number of nitrogens with one attached hydrogen (secondary N) is 1. The van der Waals surface area contributed by atoms with E-state index in [4.69, 9.17) is 9.47 Å². The van der Waals surface area contributed by atoms with Gasteiger partial charge in [-0.15, -0.1) is 0 Å². The summed E-state index contributed by atoms with van der Waals surface area (Å²) < 4.78 is 10.8. The van der Waals surface area contributed by atoms with Gasteiger partial charge in [0.05, 0.1) is 20.3 Å². The van der Waals surface area contributed by atoms with Crippen molar-refractivity contribution in [3.8, 4) is 17.0 Å². The van der Waals surface area contributed by atoms with Gasteiger partial charge in [0.1, 0.15) is 11.5 Å². The topological polar surface area (TPSA) is 72.4 Å². The molecule has 1 aromatic carbocycles. The molecule has 0 bridgehead atoms. The van der Waals surface area contributed by atoms with Crippen LogP contribution in [-0.2, 0) is 4.74 Å². The van der Waals surface area contributed by atoms with Gasteiger partial charge in [-0.05, 0) is 24.6 Å². The summed E-state index contributed by atoms with van der Waals surface area (Å²) in [6.07, 6.45) is 3.57. The van der Waals surface area contributed by atoms with Crippen LogP contribution in [-0.4, -0.2) is 48.4 Å². The molecule has 7 nitrogen and oxygen atoms in total. The third kappa shape index (κ3) is 5.24. The van der Waals surface area contributed by atoms with E-state index in [2.05, 4.69) is 56.4 Å². The van der Waals surface area contributed by atoms with Crippen molar-refractivity contribution in [1.29, 1.82) is 0 Å². The summed E-state index contributed by atoms with van der Waals surface area (Å²) in [4.78, 5) is 15.6. The number of hydrogen-bond donors (Lipinski definition) is 1. The summed E-state index contributed by atoms with van der Waals surface area (Å²) in [6.45, 7) is 9.04. The van der Waals surface area contributed by atoms with Gasteiger partial charge in [0.15, 0.2) is 0 Å². The molecule has 1 aliphatic heterocycles. The highest BCUT2D eigenvalue weighted by atomic mass is 16.5. The Labute approximate surface area is 178 Å². The average Bonchev–Trinajstić information content (AvgIpc) is 2.82. The third-order valence-corrected chi connectivity index (χ3v) is 4.63. The van der Waals surface area contributed by atoms with Crippen molar-refractivity contribution in [2.45, 2.75) is 20.8 Å². The predicted molar refractivity (Wildman–Crippen MR) is 121 cm³/mol. The van der Waals surface area contributed by atoms with Crippen molar-refractivity contribution in [3.63, 3.8) is 0 Å². The molecule has 0 atom stereocenters. The van der Waals surface area contributed by atoms with Crippen molar-refractivity contribution in [2.75, 3.05) is 43.6 Å². The van der Waals surface area contributed by atoms with Crippen LogP contribution in [0.1, 0.15) is 19.4 Å². The van der Waals surface area contributed by atoms with E-state index in [0.717, 1.165) is 29.9 Å². The fraction of sp³-hybridized carbons (Fsp3) is 0.348. The molecule has 30 heavy (non-hydrogen) atoms. The number of rotatable bonds is 5. The number of aryl methyl sites for hydroxylation is 1. The van der Waals surface area contributed by atoms with Gasteiger partial charge in [0.25, 0.3) is 0 Å². The van der Waals surface area contributed by atoms with E-state index in [9.17, 15) is 0 Å². The maximum Gasteiger partial charge on any atom is 0.237 e. The lowest BCUT2D eigenvalue weighted by molar-refractivity contribution is 0.122. The maximum absolute atomic E-state index is 5.43. The SMILES string of the molecule is CC.COc1ncc(-c2ccc(C)cc2)cc1Nc1ccnc(N2CCOCC2)n1. The van der Waals surface area contributed by atoms with E-state index in [-0.39, 0.29) is 0 Å². The summed E-state index contributed by atoms with van der Waals surface area (Å²) in [5, 5.41) is 3.33. The number of methoxy groups -OCH3 is 1. The maximum atomic E-state index is 5.43. The Morgan fingerprint density at radius 2 is 1.73 bits per heavy atom. The zero-order chi connectivity index (χ0) is 21.3. The molecule has 0 amide bonds. The van der Waals surface area contributed by atoms with Crippen molar-refractivity contribution in [1.82, 2.24) is 15.0 Å². The lowest BCUT2D eigenvalue weighted by Crippen LogP contribution is -2.37. The summed E-state index contributed by atoms with van der Waals surface area (Å²) in [7, 11) is 1.61. The Bertz CT molecular complexity index is 941. The molecular weight excluding hydrogens is 378 g/mol. The highest BCUT2D eigenvalue weighted by Gasteiger charge is 2.15. The van der Waals surface area contributed by atoms with E-state index in [0.29, 0.717) is 30.9 Å². The van der Waals surface area contributed by atoms with Crippen molar-refractivity contribution in [2.24, 2.45) is 0 Å². The molecule has 0 radical (unpaired) electrons. The number of anilines is 3. The first-order chi connectivity index (χ1) is 14.7. The fourth-order valence-corrected chi connectivity index (χ4v) is 3.08. The number of aromatic nitrogens is 3. The van der Waals surface area contributed by atoms with Gasteiger partial charge >= 0.3 is 0 Å². The first-order valence-electron chi connectivity index (χ1n) is 10.3. The predicted octanol–water partition coefficient (Wildman–Crippen LogP) is 4.46. The molecule has 3 heterocycles. The van der Waals surface area contributed by atoms with Crippen LogP contribution in [0.5, 0.6) is 5.88 Å². The standard InChI is InChI=1S/C21H23N5O2.C2H6/c1-15-3-5-16(6-4-15)17-13-18(20(27-2)23-14-17)24-19-7-8-22-21(25-19)26-9-11-28-12-10-26;1-2/h3-8,13-14H,9-12H2,1-2H3,(H,22,24,25);1-2H3. The molecule has 158 valence electrons. The number of hydrogen-bond acceptors (Lipinski definition) is 7. The Balaban J connectivity index is 0.00000124. The molecule has 0 saturated carbocycles. The van der Waals surface area contributed by atoms with Crippen LogP contribution in [0.3, 0.4) is 0 Å². The lowest BCUT2D eigenvalue weighted by atomic mass is 10.1. The van der Waals surface area contributed by atoms with E-state index >= 15 is 0 Å². The second-order valence-electron chi connectivity index (χ2n) is 6.61. The molecule has 1 aliphatic rings. The largest absolute Gasteiger partial charge is 0.480 e. The molecule has 0 spiro atoms. The van der Waals surface area contributed by atoms with Crippen molar-refractivity contribution < 1.29 is 9.47 Å². The number of pyridine rings is 1. The number of morpholine rings is 1. The van der Waals surface area contributed by atoms with Crippen LogP contribution in [0.2, 0.25) is 0 Å². The third-order valence-electron chi connectivity index (χ3n) is 4.63. The summed E-state index contributed by atoms with van der Waals surface area (Å²) in [6, 6.07) is 12.2. The van der Waals surface area contributed by atoms with Gasteiger partial charge in [-0.2, -0.15) is 4.98 Å². The van der Waals surface area contributed by atoms with Crippen LogP contribution < -0.4 is 15.0 Å². The lowest BCUT2D eigenvalue weighted by Gasteiger charge is -2.26. The van der Waals surface area contributed by atoms with Gasteiger partial charge in [0.2, 0.25) is 11.8 Å². The van der Waals surface area contributed by atoms with Crippen LogP contribution >= 0.6 is 0 Å². The summed E-state index contributed by atoms with van der Waals surface area (Å²) in [5.74, 6) is 1.90. The van der Waals surface area contributed by atoms with E-state index in [1.807, 2.05) is 32.2 Å². The number of ether oxygens (including phenoxy) is 2. The van der Waals surface area contributed by atoms with Gasteiger partial charge in [0, 0.05) is 31.0 Å². The highest BCUT2D eigenvalue weighted by molar-refractivity contribution is 5.72. The Kier molecular flexibility index (Phi) is 7.57. The quantitative estimate of drug-likeness (QED) is 0.669. The zero-order valence-corrected chi connectivity index (χ0v) is 18.1. The molecule has 0 unspecified atom stereocenters. The summed E-state index contributed by atoms with van der Waals surface area (Å²) >= 11 is 0. The monoisotopic (exact) mass is 407 g/mol. The molecule has 7 heteroatoms. The second-order valence-corrected chi connectivity index (χ2v) is 6.61. The first kappa shape index (κ1) is 21.5. The van der Waals surface area contributed by atoms with Crippen LogP contribution in [0.4, 0.5) is 17.5 Å². The van der Waals surface area contributed by atoms with Crippen LogP contribution in [0.15, 0.2) is 48.8 Å². The Hall–Kier alpha value is -3.19. The fourth-order valence-electron chi connectivity index (χ4n) is 3.08. The molecule has 2 aromatic heterocycles. The minimum absolute atomic E-state index is 0.516. The van der Waals surface area contributed by atoms with Crippen LogP contribution in [0, 0.1) is 6.92 Å². The molecule has 1 N–H and O–H groups in total. The normalized spacial score (nSPS) is 13.3. The first-order valence-corrected chi connectivity index (χ1v) is 10.3. The van der Waals surface area contributed by atoms with Crippen LogP contribution in [0.25, 0.3) is 11.1 Å². The minimum atomic E-state index is 0.516. The molecule has 0 aliphatic carbocycles. The van der Waals surface area contributed by atoms with E-state index in [1.54, 1.807) is 13.3 Å². The second kappa shape index (κ2) is 10.5. The minimum Gasteiger partial charge on any atom is -0.480 e. The van der Waals surface area contributed by atoms with Crippen molar-refractivity contribution >= 4 is 17.5 Å². The smallest absolute Gasteiger partial charge is 0.237 e. The Morgan fingerprint density at radius 1 is 1.00 bits per heavy atom. The van der Waals surface area contributed by atoms with E-state index < -0.39 is 0 Å². The molecule has 4 rings (SSSR count). The van der Waals surface area contributed by atoms with Crippen molar-refractivity contribution in [3.05, 3.63) is 54.4 Å². The number of benzene rings is 1. The Morgan fingerprint density at radius 3 is 2.43 bits per heavy atom. The number of nitrogens with zero attached hydrogens (tertiary/aromatic N) is 4. The molecule has 1 saturated heterocycles. The van der Waals surface area contributed by atoms with Gasteiger partial charge in [-0.3, -0.25) is 0 Å². The molecular formula is C23H29N5O2. The zero-order valence-electron chi connectivity index (χ0n) is 18.1. The van der Waals surface area contributed by atoms with E-state index in [1.165, 1.54) is 5.56 Å².